The fourth-order valence-electron chi connectivity index (χ4n) is 4.70. The van der Waals surface area contributed by atoms with E-state index in [4.69, 9.17) is 4.74 Å². The van der Waals surface area contributed by atoms with Gasteiger partial charge in [-0.1, -0.05) is 91.0 Å². The van der Waals surface area contributed by atoms with Gasteiger partial charge in [0, 0.05) is 18.0 Å². The Bertz CT molecular complexity index is 1300. The standard InChI is InChI=1S/C31H30N2O3/c1-31(2)30(32-20-25(21-12-6-3-7-13-21)22-14-8-4-9-15-22)36-26-19-18-24(29(35)27(26)33-31)28(34)23-16-10-5-11-17-23/h3-19,25,30,32-33,35H,20H2,1-2H3. The molecule has 0 radical (unpaired) electrons. The Morgan fingerprint density at radius 1 is 0.889 bits per heavy atom. The monoisotopic (exact) mass is 478 g/mol. The van der Waals surface area contributed by atoms with E-state index < -0.39 is 5.54 Å². The number of ketones is 1. The Labute approximate surface area is 211 Å². The molecule has 0 amide bonds. The molecule has 0 saturated carbocycles. The van der Waals surface area contributed by atoms with Gasteiger partial charge < -0.3 is 15.2 Å². The quantitative estimate of drug-likeness (QED) is 0.226. The molecule has 0 saturated heterocycles. The summed E-state index contributed by atoms with van der Waals surface area (Å²) in [7, 11) is 0. The molecule has 5 rings (SSSR count). The number of hydrogen-bond acceptors (Lipinski definition) is 5. The van der Waals surface area contributed by atoms with Crippen LogP contribution in [-0.4, -0.2) is 29.2 Å². The first-order valence-electron chi connectivity index (χ1n) is 12.2. The van der Waals surface area contributed by atoms with Crippen LogP contribution in [0.25, 0.3) is 0 Å². The molecule has 1 unspecified atom stereocenters. The maximum Gasteiger partial charge on any atom is 0.196 e. The van der Waals surface area contributed by atoms with Crippen molar-refractivity contribution in [2.75, 3.05) is 11.9 Å². The lowest BCUT2D eigenvalue weighted by atomic mass is 9.90. The Morgan fingerprint density at radius 2 is 1.44 bits per heavy atom. The van der Waals surface area contributed by atoms with E-state index in [1.165, 1.54) is 11.1 Å². The largest absolute Gasteiger partial charge is 0.505 e. The molecule has 0 spiro atoms. The number of nitrogens with one attached hydrogen (secondary N) is 2. The highest BCUT2D eigenvalue weighted by Gasteiger charge is 2.39. The maximum absolute atomic E-state index is 13.0. The second kappa shape index (κ2) is 9.88. The number of carbonyl (C=O) groups is 1. The predicted octanol–water partition coefficient (Wildman–Crippen LogP) is 5.95. The molecule has 0 bridgehead atoms. The van der Waals surface area contributed by atoms with Gasteiger partial charge in [-0.3, -0.25) is 10.1 Å². The molecule has 5 nitrogen and oxygen atoms in total. The number of fused-ring (bicyclic) bond motifs is 1. The van der Waals surface area contributed by atoms with E-state index in [1.807, 2.05) is 44.2 Å². The van der Waals surface area contributed by atoms with Gasteiger partial charge in [0.05, 0.1) is 11.1 Å². The van der Waals surface area contributed by atoms with Crippen LogP contribution in [0.5, 0.6) is 11.5 Å². The van der Waals surface area contributed by atoms with Crippen LogP contribution in [0.2, 0.25) is 0 Å². The highest BCUT2D eigenvalue weighted by atomic mass is 16.5. The molecule has 1 aliphatic rings. The summed E-state index contributed by atoms with van der Waals surface area (Å²) in [5.41, 5.74) is 3.08. The Kier molecular flexibility index (Phi) is 6.49. The molecule has 5 heteroatoms. The lowest BCUT2D eigenvalue weighted by molar-refractivity contribution is 0.0939. The van der Waals surface area contributed by atoms with Gasteiger partial charge in [-0.15, -0.1) is 0 Å². The molecular formula is C31H30N2O3. The first-order chi connectivity index (χ1) is 17.4. The predicted molar refractivity (Wildman–Crippen MR) is 143 cm³/mol. The fourth-order valence-corrected chi connectivity index (χ4v) is 4.70. The van der Waals surface area contributed by atoms with Gasteiger partial charge in [-0.2, -0.15) is 0 Å². The van der Waals surface area contributed by atoms with E-state index in [0.29, 0.717) is 23.5 Å². The average Bonchev–Trinajstić information content (AvgIpc) is 2.91. The van der Waals surface area contributed by atoms with Crippen molar-refractivity contribution < 1.29 is 14.6 Å². The Balaban J connectivity index is 1.39. The molecule has 1 atom stereocenters. The number of anilines is 1. The normalized spacial score (nSPS) is 16.0. The molecule has 1 heterocycles. The van der Waals surface area contributed by atoms with Crippen LogP contribution in [0.4, 0.5) is 5.69 Å². The van der Waals surface area contributed by atoms with Crippen molar-refractivity contribution >= 4 is 11.5 Å². The first kappa shape index (κ1) is 23.6. The van der Waals surface area contributed by atoms with Crippen LogP contribution < -0.4 is 15.4 Å². The molecule has 36 heavy (non-hydrogen) atoms. The van der Waals surface area contributed by atoms with Gasteiger partial charge in [0.15, 0.2) is 17.8 Å². The van der Waals surface area contributed by atoms with Gasteiger partial charge in [0.25, 0.3) is 0 Å². The van der Waals surface area contributed by atoms with Crippen LogP contribution in [0.3, 0.4) is 0 Å². The summed E-state index contributed by atoms with van der Waals surface area (Å²) in [6.45, 7) is 4.69. The number of rotatable bonds is 7. The second-order valence-electron chi connectivity index (χ2n) is 9.66. The van der Waals surface area contributed by atoms with Crippen molar-refractivity contribution in [2.24, 2.45) is 0 Å². The molecule has 4 aromatic rings. The number of benzene rings is 4. The minimum Gasteiger partial charge on any atom is -0.505 e. The summed E-state index contributed by atoms with van der Waals surface area (Å²) in [4.78, 5) is 13.0. The smallest absolute Gasteiger partial charge is 0.196 e. The second-order valence-corrected chi connectivity index (χ2v) is 9.66. The average molecular weight is 479 g/mol. The van der Waals surface area contributed by atoms with Gasteiger partial charge in [0.2, 0.25) is 0 Å². The van der Waals surface area contributed by atoms with Crippen molar-refractivity contribution in [3.63, 3.8) is 0 Å². The summed E-state index contributed by atoms with van der Waals surface area (Å²) in [6, 6.07) is 33.2. The topological polar surface area (TPSA) is 70.6 Å². The zero-order chi connectivity index (χ0) is 25.1. The molecule has 182 valence electrons. The molecule has 1 aliphatic heterocycles. The molecule has 3 N–H and O–H groups in total. The van der Waals surface area contributed by atoms with Crippen LogP contribution >= 0.6 is 0 Å². The van der Waals surface area contributed by atoms with Crippen molar-refractivity contribution in [2.45, 2.75) is 31.5 Å². The first-order valence-corrected chi connectivity index (χ1v) is 12.2. The van der Waals surface area contributed by atoms with E-state index in [1.54, 1.807) is 24.3 Å². The summed E-state index contributed by atoms with van der Waals surface area (Å²) in [5, 5.41) is 18.0. The highest BCUT2D eigenvalue weighted by molar-refractivity contribution is 6.12. The number of hydrogen-bond donors (Lipinski definition) is 3. The third-order valence-corrected chi connectivity index (χ3v) is 6.68. The zero-order valence-electron chi connectivity index (χ0n) is 20.4. The molecule has 4 aromatic carbocycles. The van der Waals surface area contributed by atoms with Gasteiger partial charge in [-0.25, -0.2) is 0 Å². The van der Waals surface area contributed by atoms with E-state index >= 15 is 0 Å². The third kappa shape index (κ3) is 4.70. The van der Waals surface area contributed by atoms with E-state index in [2.05, 4.69) is 59.2 Å². The summed E-state index contributed by atoms with van der Waals surface area (Å²) in [6.07, 6.45) is -0.366. The number of carbonyl (C=O) groups excluding carboxylic acids is 1. The minimum absolute atomic E-state index is 0.0978. The van der Waals surface area contributed by atoms with Crippen LogP contribution in [-0.2, 0) is 0 Å². The Morgan fingerprint density at radius 3 is 2.03 bits per heavy atom. The van der Waals surface area contributed by atoms with Gasteiger partial charge in [0.1, 0.15) is 11.4 Å². The van der Waals surface area contributed by atoms with Crippen molar-refractivity contribution in [3.8, 4) is 11.5 Å². The lowest BCUT2D eigenvalue weighted by Gasteiger charge is -2.42. The molecular weight excluding hydrogens is 448 g/mol. The highest BCUT2D eigenvalue weighted by Crippen LogP contribution is 2.43. The maximum atomic E-state index is 13.0. The summed E-state index contributed by atoms with van der Waals surface area (Å²) < 4.78 is 6.35. The van der Waals surface area contributed by atoms with Crippen molar-refractivity contribution in [1.82, 2.24) is 5.32 Å². The van der Waals surface area contributed by atoms with E-state index in [0.717, 1.165) is 0 Å². The number of phenolic OH excluding ortho intramolecular Hbond substituents is 1. The van der Waals surface area contributed by atoms with E-state index in [9.17, 15) is 9.90 Å². The van der Waals surface area contributed by atoms with Gasteiger partial charge >= 0.3 is 0 Å². The van der Waals surface area contributed by atoms with Crippen molar-refractivity contribution in [3.05, 3.63) is 125 Å². The number of phenols is 1. The minimum atomic E-state index is -0.559. The summed E-state index contributed by atoms with van der Waals surface area (Å²) in [5.74, 6) is 0.320. The zero-order valence-corrected chi connectivity index (χ0v) is 20.4. The molecule has 0 fully saturated rings. The van der Waals surface area contributed by atoms with Crippen molar-refractivity contribution in [1.29, 1.82) is 0 Å². The fraction of sp³-hybridized carbons (Fsp3) is 0.194. The Hall–Kier alpha value is -4.09. The number of aromatic hydroxyl groups is 1. The van der Waals surface area contributed by atoms with Crippen LogP contribution in [0.15, 0.2) is 103 Å². The molecule has 0 aromatic heterocycles. The van der Waals surface area contributed by atoms with Crippen LogP contribution in [0.1, 0.15) is 46.8 Å². The third-order valence-electron chi connectivity index (χ3n) is 6.68. The lowest BCUT2D eigenvalue weighted by Crippen LogP contribution is -2.58. The van der Waals surface area contributed by atoms with Gasteiger partial charge in [-0.05, 0) is 37.1 Å². The van der Waals surface area contributed by atoms with Crippen LogP contribution in [0, 0.1) is 0 Å². The number of ether oxygens (including phenoxy) is 1. The molecule has 0 aliphatic carbocycles. The summed E-state index contributed by atoms with van der Waals surface area (Å²) >= 11 is 0. The SMILES string of the molecule is CC1(C)Nc2c(ccc(C(=O)c3ccccc3)c2O)OC1NCC(c1ccccc1)c1ccccc1. The van der Waals surface area contributed by atoms with E-state index in [-0.39, 0.29) is 29.2 Å².